The predicted molar refractivity (Wildman–Crippen MR) is 70.3 cm³/mol. The normalized spacial score (nSPS) is 21.9. The van der Waals surface area contributed by atoms with E-state index in [2.05, 4.69) is 24.5 Å². The number of aliphatic hydroxyl groups excluding tert-OH is 1. The van der Waals surface area contributed by atoms with E-state index in [1.807, 2.05) is 0 Å². The van der Waals surface area contributed by atoms with Crippen molar-refractivity contribution in [2.45, 2.75) is 32.7 Å². The molecule has 0 radical (unpaired) electrons. The Morgan fingerprint density at radius 2 is 2.33 bits per heavy atom. The van der Waals surface area contributed by atoms with Crippen LogP contribution in [0.4, 0.5) is 0 Å². The van der Waals surface area contributed by atoms with E-state index in [1.54, 1.807) is 0 Å². The quantitative estimate of drug-likeness (QED) is 0.607. The van der Waals surface area contributed by atoms with Crippen LogP contribution in [0.1, 0.15) is 26.7 Å². The van der Waals surface area contributed by atoms with E-state index >= 15 is 0 Å². The third-order valence-corrected chi connectivity index (χ3v) is 3.15. The molecule has 1 rings (SSSR count). The fraction of sp³-hybridized carbons (Fsp3) is 0.923. The first-order valence-electron chi connectivity index (χ1n) is 6.83. The van der Waals surface area contributed by atoms with Gasteiger partial charge in [0.15, 0.2) is 0 Å². The molecule has 2 unspecified atom stereocenters. The standard InChI is InChI=1S/C13H26N2O3/c1-10(2)7-11(3-5-16)8-15-13(17)12-9-18-6-4-14-12/h10-12,14,16H,3-9H2,1-2H3,(H,15,17). The number of aliphatic hydroxyl groups is 1. The lowest BCUT2D eigenvalue weighted by molar-refractivity contribution is -0.126. The molecule has 1 heterocycles. The Morgan fingerprint density at radius 3 is 2.89 bits per heavy atom. The van der Waals surface area contributed by atoms with Crippen molar-refractivity contribution in [1.29, 1.82) is 0 Å². The van der Waals surface area contributed by atoms with Crippen molar-refractivity contribution in [1.82, 2.24) is 10.6 Å². The van der Waals surface area contributed by atoms with E-state index in [0.717, 1.165) is 19.4 Å². The van der Waals surface area contributed by atoms with Crippen LogP contribution in [0.3, 0.4) is 0 Å². The summed E-state index contributed by atoms with van der Waals surface area (Å²) in [5.74, 6) is 0.930. The average Bonchev–Trinajstić information content (AvgIpc) is 2.36. The number of hydrogen-bond acceptors (Lipinski definition) is 4. The molecular weight excluding hydrogens is 232 g/mol. The Kier molecular flexibility index (Phi) is 7.23. The van der Waals surface area contributed by atoms with Crippen LogP contribution >= 0.6 is 0 Å². The second-order valence-corrected chi connectivity index (χ2v) is 5.33. The second kappa shape index (κ2) is 8.45. The van der Waals surface area contributed by atoms with Crippen LogP contribution in [0.15, 0.2) is 0 Å². The van der Waals surface area contributed by atoms with Gasteiger partial charge in [-0.1, -0.05) is 13.8 Å². The molecule has 2 atom stereocenters. The number of hydrogen-bond donors (Lipinski definition) is 3. The lowest BCUT2D eigenvalue weighted by Crippen LogP contribution is -2.51. The van der Waals surface area contributed by atoms with Gasteiger partial charge in [-0.25, -0.2) is 0 Å². The first-order chi connectivity index (χ1) is 8.63. The number of ether oxygens (including phenoxy) is 1. The molecule has 5 nitrogen and oxygen atoms in total. The van der Waals surface area contributed by atoms with Gasteiger partial charge in [-0.05, 0) is 24.7 Å². The fourth-order valence-electron chi connectivity index (χ4n) is 2.25. The maximum atomic E-state index is 11.9. The van der Waals surface area contributed by atoms with Gasteiger partial charge in [0.25, 0.3) is 0 Å². The third kappa shape index (κ3) is 5.80. The first kappa shape index (κ1) is 15.4. The summed E-state index contributed by atoms with van der Waals surface area (Å²) in [6, 6.07) is -0.229. The summed E-state index contributed by atoms with van der Waals surface area (Å²) in [6.07, 6.45) is 1.77. The third-order valence-electron chi connectivity index (χ3n) is 3.15. The molecule has 1 saturated heterocycles. The Labute approximate surface area is 109 Å². The summed E-state index contributed by atoms with van der Waals surface area (Å²) >= 11 is 0. The van der Waals surface area contributed by atoms with Crippen molar-refractivity contribution in [2.75, 3.05) is 32.9 Å². The minimum atomic E-state index is -0.229. The molecule has 0 aromatic rings. The molecule has 1 amide bonds. The van der Waals surface area contributed by atoms with Gasteiger partial charge in [0.05, 0.1) is 13.2 Å². The molecule has 0 saturated carbocycles. The number of nitrogens with one attached hydrogen (secondary N) is 2. The van der Waals surface area contributed by atoms with E-state index in [0.29, 0.717) is 31.6 Å². The van der Waals surface area contributed by atoms with Crippen LogP contribution in [0.2, 0.25) is 0 Å². The van der Waals surface area contributed by atoms with E-state index in [1.165, 1.54) is 0 Å². The smallest absolute Gasteiger partial charge is 0.239 e. The summed E-state index contributed by atoms with van der Waals surface area (Å²) < 4.78 is 5.26. The highest BCUT2D eigenvalue weighted by molar-refractivity contribution is 5.81. The fourth-order valence-corrected chi connectivity index (χ4v) is 2.25. The van der Waals surface area contributed by atoms with Crippen molar-refractivity contribution in [3.63, 3.8) is 0 Å². The Bertz CT molecular complexity index is 240. The Morgan fingerprint density at radius 1 is 1.56 bits per heavy atom. The number of carbonyl (C=O) groups is 1. The van der Waals surface area contributed by atoms with Gasteiger partial charge in [0, 0.05) is 19.7 Å². The zero-order valence-corrected chi connectivity index (χ0v) is 11.4. The molecule has 18 heavy (non-hydrogen) atoms. The maximum Gasteiger partial charge on any atom is 0.239 e. The van der Waals surface area contributed by atoms with Gasteiger partial charge in [-0.2, -0.15) is 0 Å². The number of morpholine rings is 1. The van der Waals surface area contributed by atoms with Crippen LogP contribution < -0.4 is 10.6 Å². The van der Waals surface area contributed by atoms with Crippen LogP contribution in [-0.2, 0) is 9.53 Å². The lowest BCUT2D eigenvalue weighted by atomic mass is 9.94. The topological polar surface area (TPSA) is 70.6 Å². The van der Waals surface area contributed by atoms with Crippen molar-refractivity contribution < 1.29 is 14.6 Å². The first-order valence-corrected chi connectivity index (χ1v) is 6.83. The Hall–Kier alpha value is -0.650. The van der Waals surface area contributed by atoms with E-state index in [9.17, 15) is 4.79 Å². The van der Waals surface area contributed by atoms with Crippen LogP contribution in [0, 0.1) is 11.8 Å². The molecule has 0 aromatic heterocycles. The van der Waals surface area contributed by atoms with Crippen molar-refractivity contribution in [3.8, 4) is 0 Å². The minimum Gasteiger partial charge on any atom is -0.396 e. The van der Waals surface area contributed by atoms with Gasteiger partial charge in [-0.3, -0.25) is 4.79 Å². The van der Waals surface area contributed by atoms with Crippen molar-refractivity contribution in [2.24, 2.45) is 11.8 Å². The Balaban J connectivity index is 2.28. The molecule has 0 aliphatic carbocycles. The summed E-state index contributed by atoms with van der Waals surface area (Å²) in [6.45, 7) is 6.97. The van der Waals surface area contributed by atoms with Crippen molar-refractivity contribution >= 4 is 5.91 Å². The largest absolute Gasteiger partial charge is 0.396 e. The number of carbonyl (C=O) groups excluding carboxylic acids is 1. The van der Waals surface area contributed by atoms with Gasteiger partial charge in [-0.15, -0.1) is 0 Å². The molecule has 3 N–H and O–H groups in total. The molecule has 0 aromatic carbocycles. The van der Waals surface area contributed by atoms with E-state index in [4.69, 9.17) is 9.84 Å². The van der Waals surface area contributed by atoms with Crippen LogP contribution in [0.5, 0.6) is 0 Å². The monoisotopic (exact) mass is 258 g/mol. The summed E-state index contributed by atoms with van der Waals surface area (Å²) in [5, 5.41) is 15.1. The summed E-state index contributed by atoms with van der Waals surface area (Å²) in [7, 11) is 0. The molecule has 5 heteroatoms. The van der Waals surface area contributed by atoms with Crippen molar-refractivity contribution in [3.05, 3.63) is 0 Å². The molecular formula is C13H26N2O3. The van der Waals surface area contributed by atoms with E-state index in [-0.39, 0.29) is 18.6 Å². The lowest BCUT2D eigenvalue weighted by Gasteiger charge is -2.24. The van der Waals surface area contributed by atoms with Gasteiger partial charge in [0.1, 0.15) is 6.04 Å². The second-order valence-electron chi connectivity index (χ2n) is 5.33. The highest BCUT2D eigenvalue weighted by Crippen LogP contribution is 2.14. The van der Waals surface area contributed by atoms with Gasteiger partial charge in [0.2, 0.25) is 5.91 Å². The summed E-state index contributed by atoms with van der Waals surface area (Å²) in [5.41, 5.74) is 0. The predicted octanol–water partition coefficient (Wildman–Crippen LogP) is 0.136. The van der Waals surface area contributed by atoms with Crippen LogP contribution in [-0.4, -0.2) is 50.0 Å². The minimum absolute atomic E-state index is 0.00129. The van der Waals surface area contributed by atoms with Gasteiger partial charge >= 0.3 is 0 Å². The zero-order valence-electron chi connectivity index (χ0n) is 11.4. The molecule has 0 spiro atoms. The SMILES string of the molecule is CC(C)CC(CCO)CNC(=O)C1COCCN1. The molecule has 1 fully saturated rings. The molecule has 1 aliphatic rings. The molecule has 1 aliphatic heterocycles. The zero-order chi connectivity index (χ0) is 13.4. The van der Waals surface area contributed by atoms with Gasteiger partial charge < -0.3 is 20.5 Å². The highest BCUT2D eigenvalue weighted by Gasteiger charge is 2.21. The maximum absolute atomic E-state index is 11.9. The number of rotatable bonds is 7. The highest BCUT2D eigenvalue weighted by atomic mass is 16.5. The molecule has 0 bridgehead atoms. The molecule has 106 valence electrons. The number of amides is 1. The average molecular weight is 258 g/mol. The van der Waals surface area contributed by atoms with Crippen LogP contribution in [0.25, 0.3) is 0 Å². The summed E-state index contributed by atoms with van der Waals surface area (Å²) in [4.78, 5) is 11.9. The van der Waals surface area contributed by atoms with E-state index < -0.39 is 0 Å².